The highest BCUT2D eigenvalue weighted by Gasteiger charge is 2.21. The SMILES string of the molecule is CC(CN(C)C)NCC(=O)N1CCc2sccc2C1. The molecule has 1 aliphatic rings. The van der Waals surface area contributed by atoms with Gasteiger partial charge in [0.15, 0.2) is 0 Å². The molecule has 0 spiro atoms. The monoisotopic (exact) mass is 281 g/mol. The molecule has 1 aliphatic heterocycles. The van der Waals surface area contributed by atoms with Crippen LogP contribution in [0, 0.1) is 0 Å². The summed E-state index contributed by atoms with van der Waals surface area (Å²) >= 11 is 1.81. The van der Waals surface area contributed by atoms with Gasteiger partial charge in [-0.2, -0.15) is 0 Å². The maximum atomic E-state index is 12.2. The predicted octanol–water partition coefficient (Wildman–Crippen LogP) is 1.17. The van der Waals surface area contributed by atoms with E-state index < -0.39 is 0 Å². The van der Waals surface area contributed by atoms with E-state index in [1.165, 1.54) is 10.4 Å². The Bertz CT molecular complexity index is 430. The number of fused-ring (bicyclic) bond motifs is 1. The summed E-state index contributed by atoms with van der Waals surface area (Å²) in [5.74, 6) is 0.211. The van der Waals surface area contributed by atoms with E-state index in [1.807, 2.05) is 19.0 Å². The van der Waals surface area contributed by atoms with E-state index in [0.29, 0.717) is 12.6 Å². The molecule has 0 aromatic carbocycles. The maximum Gasteiger partial charge on any atom is 0.236 e. The van der Waals surface area contributed by atoms with Gasteiger partial charge in [0.1, 0.15) is 0 Å². The van der Waals surface area contributed by atoms with Crippen LogP contribution < -0.4 is 5.32 Å². The fraction of sp³-hybridized carbons (Fsp3) is 0.643. The molecule has 106 valence electrons. The molecule has 4 nitrogen and oxygen atoms in total. The summed E-state index contributed by atoms with van der Waals surface area (Å²) in [5, 5.41) is 5.42. The van der Waals surface area contributed by atoms with Gasteiger partial charge >= 0.3 is 0 Å². The zero-order valence-electron chi connectivity index (χ0n) is 12.0. The first-order chi connectivity index (χ1) is 9.06. The number of nitrogens with zero attached hydrogens (tertiary/aromatic N) is 2. The highest BCUT2D eigenvalue weighted by Crippen LogP contribution is 2.23. The predicted molar refractivity (Wildman–Crippen MR) is 79.5 cm³/mol. The number of carbonyl (C=O) groups excluding carboxylic acids is 1. The Kier molecular flexibility index (Phi) is 4.96. The second kappa shape index (κ2) is 6.50. The molecule has 2 rings (SSSR count). The molecule has 1 N–H and O–H groups in total. The maximum absolute atomic E-state index is 12.2. The Morgan fingerprint density at radius 3 is 3.11 bits per heavy atom. The number of hydrogen-bond donors (Lipinski definition) is 1. The molecular weight excluding hydrogens is 258 g/mol. The van der Waals surface area contributed by atoms with Gasteiger partial charge < -0.3 is 15.1 Å². The molecule has 1 atom stereocenters. The van der Waals surface area contributed by atoms with Crippen LogP contribution in [0.3, 0.4) is 0 Å². The molecule has 19 heavy (non-hydrogen) atoms. The lowest BCUT2D eigenvalue weighted by molar-refractivity contribution is -0.131. The van der Waals surface area contributed by atoms with Crippen molar-refractivity contribution in [3.05, 3.63) is 21.9 Å². The second-order valence-corrected chi connectivity index (χ2v) is 6.48. The third-order valence-electron chi connectivity index (χ3n) is 3.40. The third-order valence-corrected chi connectivity index (χ3v) is 4.42. The van der Waals surface area contributed by atoms with Crippen LogP contribution in [-0.2, 0) is 17.8 Å². The molecule has 0 fully saturated rings. The highest BCUT2D eigenvalue weighted by molar-refractivity contribution is 7.10. The molecule has 0 saturated carbocycles. The molecule has 0 aliphatic carbocycles. The molecule has 2 heterocycles. The molecule has 5 heteroatoms. The third kappa shape index (κ3) is 4.03. The van der Waals surface area contributed by atoms with Crippen molar-refractivity contribution in [2.24, 2.45) is 0 Å². The van der Waals surface area contributed by atoms with Crippen molar-refractivity contribution in [2.75, 3.05) is 33.7 Å². The Labute approximate surface area is 119 Å². The van der Waals surface area contributed by atoms with Crippen molar-refractivity contribution in [3.63, 3.8) is 0 Å². The van der Waals surface area contributed by atoms with Gasteiger partial charge in [0.05, 0.1) is 6.54 Å². The van der Waals surface area contributed by atoms with Crippen LogP contribution in [-0.4, -0.2) is 55.5 Å². The van der Waals surface area contributed by atoms with Crippen LogP contribution >= 0.6 is 11.3 Å². The van der Waals surface area contributed by atoms with Gasteiger partial charge in [-0.25, -0.2) is 0 Å². The van der Waals surface area contributed by atoms with E-state index in [4.69, 9.17) is 0 Å². The first-order valence-electron chi connectivity index (χ1n) is 6.77. The smallest absolute Gasteiger partial charge is 0.236 e. The van der Waals surface area contributed by atoms with Gasteiger partial charge in [0, 0.05) is 30.6 Å². The summed E-state index contributed by atoms with van der Waals surface area (Å²) in [6.45, 7) is 5.13. The average Bonchev–Trinajstić information content (AvgIpc) is 2.82. The second-order valence-electron chi connectivity index (χ2n) is 5.48. The van der Waals surface area contributed by atoms with E-state index >= 15 is 0 Å². The van der Waals surface area contributed by atoms with Gasteiger partial charge in [-0.1, -0.05) is 0 Å². The Hall–Kier alpha value is -0.910. The van der Waals surface area contributed by atoms with Crippen molar-refractivity contribution in [2.45, 2.75) is 25.9 Å². The zero-order chi connectivity index (χ0) is 13.8. The number of thiophene rings is 1. The van der Waals surface area contributed by atoms with Gasteiger partial charge in [0.2, 0.25) is 5.91 Å². The van der Waals surface area contributed by atoms with Gasteiger partial charge in [-0.15, -0.1) is 11.3 Å². The molecule has 1 aromatic rings. The van der Waals surface area contributed by atoms with Crippen molar-refractivity contribution in [1.29, 1.82) is 0 Å². The van der Waals surface area contributed by atoms with Crippen molar-refractivity contribution >= 4 is 17.2 Å². The van der Waals surface area contributed by atoms with Crippen molar-refractivity contribution < 1.29 is 4.79 Å². The summed E-state index contributed by atoms with van der Waals surface area (Å²) in [7, 11) is 4.09. The summed E-state index contributed by atoms with van der Waals surface area (Å²) in [5.41, 5.74) is 1.32. The minimum absolute atomic E-state index is 0.211. The topological polar surface area (TPSA) is 35.6 Å². The number of hydrogen-bond acceptors (Lipinski definition) is 4. The van der Waals surface area contributed by atoms with Gasteiger partial charge in [0.25, 0.3) is 0 Å². The molecule has 0 saturated heterocycles. The summed E-state index contributed by atoms with van der Waals surface area (Å²) in [4.78, 5) is 17.7. The lowest BCUT2D eigenvalue weighted by Crippen LogP contribution is -2.45. The van der Waals surface area contributed by atoms with E-state index in [9.17, 15) is 4.79 Å². The first-order valence-corrected chi connectivity index (χ1v) is 7.65. The van der Waals surface area contributed by atoms with Crippen molar-refractivity contribution in [3.8, 4) is 0 Å². The van der Waals surface area contributed by atoms with Crippen LogP contribution in [0.5, 0.6) is 0 Å². The molecule has 1 amide bonds. The average molecular weight is 281 g/mol. The molecule has 1 aromatic heterocycles. The fourth-order valence-electron chi connectivity index (χ4n) is 2.45. The molecule has 0 radical (unpaired) electrons. The number of rotatable bonds is 5. The number of carbonyl (C=O) groups is 1. The summed E-state index contributed by atoms with van der Waals surface area (Å²) in [6, 6.07) is 2.47. The normalized spacial score (nSPS) is 16.5. The lowest BCUT2D eigenvalue weighted by atomic mass is 10.1. The summed E-state index contributed by atoms with van der Waals surface area (Å²) in [6.07, 6.45) is 1.01. The van der Waals surface area contributed by atoms with Crippen LogP contribution in [0.15, 0.2) is 11.4 Å². The van der Waals surface area contributed by atoms with E-state index in [0.717, 1.165) is 26.1 Å². The quantitative estimate of drug-likeness (QED) is 0.880. The standard InChI is InChI=1S/C14H23N3OS/c1-11(9-16(2)3)15-8-14(18)17-6-4-13-12(10-17)5-7-19-13/h5,7,11,15H,4,6,8-10H2,1-3H3. The Morgan fingerprint density at radius 2 is 2.37 bits per heavy atom. The molecular formula is C14H23N3OS. The Balaban J connectivity index is 1.78. The number of likely N-dealkylation sites (N-methyl/N-ethyl adjacent to an activating group) is 1. The van der Waals surface area contributed by atoms with E-state index in [1.54, 1.807) is 11.3 Å². The minimum Gasteiger partial charge on any atom is -0.337 e. The molecule has 0 bridgehead atoms. The highest BCUT2D eigenvalue weighted by atomic mass is 32.1. The van der Waals surface area contributed by atoms with E-state index in [-0.39, 0.29) is 5.91 Å². The Morgan fingerprint density at radius 1 is 1.58 bits per heavy atom. The van der Waals surface area contributed by atoms with Crippen LogP contribution in [0.25, 0.3) is 0 Å². The van der Waals surface area contributed by atoms with Gasteiger partial charge in [-0.3, -0.25) is 4.79 Å². The van der Waals surface area contributed by atoms with Crippen LogP contribution in [0.1, 0.15) is 17.4 Å². The molecule has 1 unspecified atom stereocenters. The van der Waals surface area contributed by atoms with Crippen LogP contribution in [0.2, 0.25) is 0 Å². The summed E-state index contributed by atoms with van der Waals surface area (Å²) < 4.78 is 0. The van der Waals surface area contributed by atoms with Gasteiger partial charge in [-0.05, 0) is 44.4 Å². The fourth-order valence-corrected chi connectivity index (χ4v) is 3.34. The lowest BCUT2D eigenvalue weighted by Gasteiger charge is -2.28. The van der Waals surface area contributed by atoms with E-state index in [2.05, 4.69) is 28.6 Å². The zero-order valence-corrected chi connectivity index (χ0v) is 12.8. The largest absolute Gasteiger partial charge is 0.337 e. The minimum atomic E-state index is 0.211. The number of amides is 1. The number of nitrogens with one attached hydrogen (secondary N) is 1. The van der Waals surface area contributed by atoms with Crippen LogP contribution in [0.4, 0.5) is 0 Å². The first kappa shape index (κ1) is 14.5. The van der Waals surface area contributed by atoms with Crippen molar-refractivity contribution in [1.82, 2.24) is 15.1 Å².